The number of hydrogen-bond acceptors (Lipinski definition) is 5. The molecule has 6 nitrogen and oxygen atoms in total. The van der Waals surface area contributed by atoms with Crippen molar-refractivity contribution < 1.29 is 9.59 Å². The molecule has 0 aliphatic carbocycles. The number of carbonyl (C=O) groups is 2. The average Bonchev–Trinajstić information content (AvgIpc) is 2.98. The number of thiophene rings is 1. The molecule has 0 aromatic carbocycles. The first kappa shape index (κ1) is 16.8. The zero-order valence-corrected chi connectivity index (χ0v) is 13.8. The number of nitrogens with zero attached hydrogens (tertiary/aromatic N) is 2. The number of aryl methyl sites for hydroxylation is 1. The summed E-state index contributed by atoms with van der Waals surface area (Å²) in [5.74, 6) is 0.0777. The molecule has 0 unspecified atom stereocenters. The van der Waals surface area contributed by atoms with E-state index in [2.05, 4.69) is 20.8 Å². The first-order valence-corrected chi connectivity index (χ1v) is 7.99. The van der Waals surface area contributed by atoms with Crippen LogP contribution in [-0.2, 0) is 16.0 Å². The van der Waals surface area contributed by atoms with Crippen LogP contribution >= 0.6 is 11.3 Å². The van der Waals surface area contributed by atoms with Crippen molar-refractivity contribution in [2.24, 2.45) is 5.10 Å². The Kier molecular flexibility index (Phi) is 5.99. The van der Waals surface area contributed by atoms with Crippen LogP contribution in [0.15, 0.2) is 40.8 Å². The number of anilines is 1. The quantitative estimate of drug-likeness (QED) is 0.630. The van der Waals surface area contributed by atoms with E-state index in [0.29, 0.717) is 11.5 Å². The topological polar surface area (TPSA) is 83.4 Å². The highest BCUT2D eigenvalue weighted by Crippen LogP contribution is 2.08. The fourth-order valence-corrected chi connectivity index (χ4v) is 2.54. The van der Waals surface area contributed by atoms with E-state index in [1.165, 1.54) is 11.3 Å². The Balaban J connectivity index is 1.79. The Morgan fingerprint density at radius 3 is 2.74 bits per heavy atom. The lowest BCUT2D eigenvalue weighted by molar-refractivity contribution is -0.120. The molecule has 0 atom stereocenters. The molecule has 7 heteroatoms. The fraction of sp³-hybridized carbons (Fsp3) is 0.250. The maximum absolute atomic E-state index is 11.9. The average molecular weight is 330 g/mol. The van der Waals surface area contributed by atoms with Crippen molar-refractivity contribution in [3.8, 4) is 0 Å². The molecule has 0 saturated carbocycles. The molecule has 2 aromatic heterocycles. The Morgan fingerprint density at radius 1 is 1.22 bits per heavy atom. The lowest BCUT2D eigenvalue weighted by atomic mass is 10.3. The zero-order chi connectivity index (χ0) is 16.7. The third-order valence-electron chi connectivity index (χ3n) is 2.86. The third kappa shape index (κ3) is 5.99. The number of hydrogen-bond donors (Lipinski definition) is 2. The molecule has 2 N–H and O–H groups in total. The van der Waals surface area contributed by atoms with E-state index in [9.17, 15) is 9.59 Å². The second kappa shape index (κ2) is 8.19. The van der Waals surface area contributed by atoms with Crippen LogP contribution in [0.4, 0.5) is 5.82 Å². The number of aromatic nitrogens is 1. The predicted octanol–water partition coefficient (Wildman–Crippen LogP) is 2.51. The highest BCUT2D eigenvalue weighted by molar-refractivity contribution is 7.10. The minimum Gasteiger partial charge on any atom is -0.310 e. The van der Waals surface area contributed by atoms with Crippen molar-refractivity contribution in [2.75, 3.05) is 5.32 Å². The van der Waals surface area contributed by atoms with Gasteiger partial charge in [-0.1, -0.05) is 12.1 Å². The smallest absolute Gasteiger partial charge is 0.245 e. The van der Waals surface area contributed by atoms with E-state index in [-0.39, 0.29) is 24.7 Å². The normalized spacial score (nSPS) is 11.1. The second-order valence-corrected chi connectivity index (χ2v) is 6.06. The second-order valence-electron chi connectivity index (χ2n) is 5.03. The van der Waals surface area contributed by atoms with Gasteiger partial charge in [0.05, 0.1) is 12.8 Å². The SMILES string of the molecule is C/C(CC(=O)Nc1cccc(C)n1)=N/NC(=O)Cc1cccs1. The standard InChI is InChI=1S/C16H18N4O2S/c1-11-5-3-7-14(17-11)18-15(21)9-12(2)19-20-16(22)10-13-6-4-8-23-13/h3-8H,9-10H2,1-2H3,(H,20,22)(H,17,18,21)/b19-12-. The summed E-state index contributed by atoms with van der Waals surface area (Å²) in [6.07, 6.45) is 0.378. The largest absolute Gasteiger partial charge is 0.310 e. The number of nitrogens with one attached hydrogen (secondary N) is 2. The summed E-state index contributed by atoms with van der Waals surface area (Å²) < 4.78 is 0. The summed E-state index contributed by atoms with van der Waals surface area (Å²) >= 11 is 1.52. The zero-order valence-electron chi connectivity index (χ0n) is 13.0. The molecule has 0 spiro atoms. The van der Waals surface area contributed by atoms with Gasteiger partial charge in [-0.3, -0.25) is 9.59 Å². The van der Waals surface area contributed by atoms with Crippen molar-refractivity contribution in [2.45, 2.75) is 26.7 Å². The Labute approximate surface area is 138 Å². The summed E-state index contributed by atoms with van der Waals surface area (Å²) in [4.78, 5) is 28.8. The summed E-state index contributed by atoms with van der Waals surface area (Å²) in [6.45, 7) is 3.54. The van der Waals surface area contributed by atoms with Crippen LogP contribution < -0.4 is 10.7 Å². The third-order valence-corrected chi connectivity index (χ3v) is 3.73. The summed E-state index contributed by atoms with van der Waals surface area (Å²) in [6, 6.07) is 9.18. The van der Waals surface area contributed by atoms with Crippen LogP contribution in [0.5, 0.6) is 0 Å². The lowest BCUT2D eigenvalue weighted by Crippen LogP contribution is -2.22. The van der Waals surface area contributed by atoms with Gasteiger partial charge >= 0.3 is 0 Å². The van der Waals surface area contributed by atoms with E-state index in [1.54, 1.807) is 13.0 Å². The van der Waals surface area contributed by atoms with E-state index in [0.717, 1.165) is 10.6 Å². The van der Waals surface area contributed by atoms with Crippen LogP contribution in [0.1, 0.15) is 23.9 Å². The van der Waals surface area contributed by atoms with E-state index in [1.807, 2.05) is 36.6 Å². The minimum atomic E-state index is -0.225. The molecule has 2 aromatic rings. The Bertz CT molecular complexity index is 711. The van der Waals surface area contributed by atoms with Crippen molar-refractivity contribution in [3.05, 3.63) is 46.3 Å². The minimum absolute atomic E-state index is 0.0922. The number of carbonyl (C=O) groups excluding carboxylic acids is 2. The Morgan fingerprint density at radius 2 is 2.04 bits per heavy atom. The van der Waals surface area contributed by atoms with Crippen LogP contribution in [0, 0.1) is 6.92 Å². The molecular weight excluding hydrogens is 312 g/mol. The molecular formula is C16H18N4O2S. The van der Waals surface area contributed by atoms with Crippen molar-refractivity contribution >= 4 is 34.7 Å². The number of hydrazone groups is 1. The summed E-state index contributed by atoms with van der Waals surface area (Å²) in [5.41, 5.74) is 3.81. The molecule has 120 valence electrons. The van der Waals surface area contributed by atoms with Gasteiger partial charge in [-0.2, -0.15) is 5.10 Å². The fourth-order valence-electron chi connectivity index (χ4n) is 1.84. The molecule has 2 amide bonds. The van der Waals surface area contributed by atoms with Gasteiger partial charge in [0.1, 0.15) is 5.82 Å². The van der Waals surface area contributed by atoms with Crippen molar-refractivity contribution in [3.63, 3.8) is 0 Å². The van der Waals surface area contributed by atoms with Crippen LogP contribution in [-0.4, -0.2) is 22.5 Å². The van der Waals surface area contributed by atoms with Crippen LogP contribution in [0.2, 0.25) is 0 Å². The van der Waals surface area contributed by atoms with Crippen molar-refractivity contribution in [1.29, 1.82) is 0 Å². The van der Waals surface area contributed by atoms with E-state index in [4.69, 9.17) is 0 Å². The monoisotopic (exact) mass is 330 g/mol. The summed E-state index contributed by atoms with van der Waals surface area (Å²) in [5, 5.41) is 8.56. The molecule has 0 bridgehead atoms. The first-order valence-electron chi connectivity index (χ1n) is 7.11. The maximum Gasteiger partial charge on any atom is 0.245 e. The highest BCUT2D eigenvalue weighted by Gasteiger charge is 2.07. The molecule has 23 heavy (non-hydrogen) atoms. The van der Waals surface area contributed by atoms with Crippen LogP contribution in [0.3, 0.4) is 0 Å². The maximum atomic E-state index is 11.9. The van der Waals surface area contributed by atoms with E-state index < -0.39 is 0 Å². The van der Waals surface area contributed by atoms with Gasteiger partial charge in [0.25, 0.3) is 0 Å². The van der Waals surface area contributed by atoms with Gasteiger partial charge in [0, 0.05) is 16.3 Å². The lowest BCUT2D eigenvalue weighted by Gasteiger charge is -2.05. The molecule has 0 aliphatic rings. The highest BCUT2D eigenvalue weighted by atomic mass is 32.1. The molecule has 2 heterocycles. The Hall–Kier alpha value is -2.54. The number of rotatable bonds is 6. The summed E-state index contributed by atoms with van der Waals surface area (Å²) in [7, 11) is 0. The van der Waals surface area contributed by atoms with Gasteiger partial charge in [0.2, 0.25) is 11.8 Å². The first-order chi connectivity index (χ1) is 11.0. The molecule has 2 rings (SSSR count). The molecule has 0 fully saturated rings. The van der Waals surface area contributed by atoms with E-state index >= 15 is 0 Å². The van der Waals surface area contributed by atoms with Gasteiger partial charge in [-0.25, -0.2) is 10.4 Å². The van der Waals surface area contributed by atoms with Gasteiger partial charge < -0.3 is 5.32 Å². The predicted molar refractivity (Wildman–Crippen MR) is 91.5 cm³/mol. The van der Waals surface area contributed by atoms with Gasteiger partial charge in [-0.05, 0) is 37.4 Å². The number of pyridine rings is 1. The molecule has 0 radical (unpaired) electrons. The number of amides is 2. The van der Waals surface area contributed by atoms with Crippen LogP contribution in [0.25, 0.3) is 0 Å². The van der Waals surface area contributed by atoms with Gasteiger partial charge in [0.15, 0.2) is 0 Å². The molecule has 0 aliphatic heterocycles. The van der Waals surface area contributed by atoms with Crippen molar-refractivity contribution in [1.82, 2.24) is 10.4 Å². The molecule has 0 saturated heterocycles. The van der Waals surface area contributed by atoms with Gasteiger partial charge in [-0.15, -0.1) is 11.3 Å².